The molecule has 0 aliphatic rings. The minimum Gasteiger partial charge on any atom is -0.392 e. The van der Waals surface area contributed by atoms with Crippen molar-refractivity contribution in [1.29, 1.82) is 0 Å². The zero-order valence-electron chi connectivity index (χ0n) is 16.4. The summed E-state index contributed by atoms with van der Waals surface area (Å²) in [5.74, 6) is 0. The van der Waals surface area contributed by atoms with Crippen molar-refractivity contribution in [1.82, 2.24) is 10.0 Å². The van der Waals surface area contributed by atoms with Crippen molar-refractivity contribution in [2.75, 3.05) is 27.2 Å². The molecule has 2 aromatic rings. The fourth-order valence-corrected chi connectivity index (χ4v) is 2.32. The molecule has 2 aromatic carbocycles. The van der Waals surface area contributed by atoms with Crippen molar-refractivity contribution in [2.45, 2.75) is 26.3 Å². The highest BCUT2D eigenvalue weighted by Crippen LogP contribution is 2.07. The van der Waals surface area contributed by atoms with Crippen LogP contribution in [0.4, 0.5) is 0 Å². The van der Waals surface area contributed by atoms with Gasteiger partial charge in [0.1, 0.15) is 0 Å². The van der Waals surface area contributed by atoms with Crippen molar-refractivity contribution in [3.05, 3.63) is 70.8 Å². The molecule has 8 nitrogen and oxygen atoms in total. The number of aliphatic hydroxyl groups excluding tert-OH is 2. The molecule has 0 aromatic heterocycles. The van der Waals surface area contributed by atoms with E-state index in [1.54, 1.807) is 10.0 Å². The Labute approximate surface area is 165 Å². The molecule has 150 valence electrons. The molecule has 0 saturated heterocycles. The summed E-state index contributed by atoms with van der Waals surface area (Å²) in [4.78, 5) is 0. The lowest BCUT2D eigenvalue weighted by molar-refractivity contribution is 0.246. The van der Waals surface area contributed by atoms with Crippen LogP contribution in [0.25, 0.3) is 0 Å². The summed E-state index contributed by atoms with van der Waals surface area (Å²) in [6, 6.07) is 15.3. The molecule has 0 heterocycles. The van der Waals surface area contributed by atoms with Crippen LogP contribution in [0, 0.1) is 0 Å². The third-order valence-electron chi connectivity index (χ3n) is 4.10. The fourth-order valence-electron chi connectivity index (χ4n) is 2.32. The molecule has 0 atom stereocenters. The van der Waals surface area contributed by atoms with Crippen molar-refractivity contribution in [3.8, 4) is 0 Å². The Kier molecular flexibility index (Phi) is 9.03. The van der Waals surface area contributed by atoms with E-state index in [1.165, 1.54) is 0 Å². The van der Waals surface area contributed by atoms with Crippen LogP contribution in [0.2, 0.25) is 0 Å². The first-order valence-corrected chi connectivity index (χ1v) is 9.15. The molecule has 0 saturated carbocycles. The number of benzene rings is 2. The van der Waals surface area contributed by atoms with E-state index in [0.717, 1.165) is 22.3 Å². The van der Waals surface area contributed by atoms with Crippen LogP contribution in [-0.4, -0.2) is 47.4 Å². The third kappa shape index (κ3) is 7.81. The highest BCUT2D eigenvalue weighted by atomic mass is 16.3. The maximum absolute atomic E-state index is 9.04. The summed E-state index contributed by atoms with van der Waals surface area (Å²) in [6.07, 6.45) is 0. The first-order valence-electron chi connectivity index (χ1n) is 9.15. The van der Waals surface area contributed by atoms with Gasteiger partial charge in [0, 0.05) is 14.1 Å². The van der Waals surface area contributed by atoms with E-state index < -0.39 is 0 Å². The molecule has 8 heteroatoms. The Hall–Kier alpha value is -2.84. The van der Waals surface area contributed by atoms with Gasteiger partial charge >= 0.3 is 0 Å². The lowest BCUT2D eigenvalue weighted by Gasteiger charge is -2.15. The van der Waals surface area contributed by atoms with Gasteiger partial charge in [-0.1, -0.05) is 59.0 Å². The number of rotatable bonds is 11. The third-order valence-corrected chi connectivity index (χ3v) is 4.10. The van der Waals surface area contributed by atoms with Gasteiger partial charge in [-0.05, 0) is 22.3 Å². The molecule has 0 unspecified atom stereocenters. The predicted molar refractivity (Wildman–Crippen MR) is 107 cm³/mol. The van der Waals surface area contributed by atoms with Crippen LogP contribution in [0.5, 0.6) is 0 Å². The number of likely N-dealkylation sites (N-methyl/N-ethyl adjacent to an activating group) is 2. The molecule has 0 aliphatic heterocycles. The van der Waals surface area contributed by atoms with Crippen LogP contribution in [-0.2, 0) is 26.3 Å². The minimum atomic E-state index is 0.0470. The van der Waals surface area contributed by atoms with E-state index in [1.807, 2.05) is 62.6 Å². The second-order valence-electron chi connectivity index (χ2n) is 6.49. The van der Waals surface area contributed by atoms with Crippen molar-refractivity contribution in [2.24, 2.45) is 20.7 Å². The van der Waals surface area contributed by atoms with Crippen LogP contribution in [0.3, 0.4) is 0 Å². The summed E-state index contributed by atoms with van der Waals surface area (Å²) in [5.41, 5.74) is 3.87. The number of nitrogens with zero attached hydrogens (tertiary/aromatic N) is 6. The van der Waals surface area contributed by atoms with Gasteiger partial charge in [0.25, 0.3) is 0 Å². The highest BCUT2D eigenvalue weighted by Gasteiger charge is 1.99. The summed E-state index contributed by atoms with van der Waals surface area (Å²) in [5, 5.41) is 38.3. The van der Waals surface area contributed by atoms with Gasteiger partial charge in [-0.15, -0.1) is 0 Å². The lowest BCUT2D eigenvalue weighted by Crippen LogP contribution is -2.24. The molecule has 0 amide bonds. The van der Waals surface area contributed by atoms with Gasteiger partial charge in [-0.3, -0.25) is 10.0 Å². The lowest BCUT2D eigenvalue weighted by atomic mass is 10.1. The summed E-state index contributed by atoms with van der Waals surface area (Å²) in [6.45, 7) is 2.44. The predicted octanol–water partition coefficient (Wildman–Crippen LogP) is 2.97. The zero-order valence-corrected chi connectivity index (χ0v) is 16.4. The van der Waals surface area contributed by atoms with E-state index in [0.29, 0.717) is 26.2 Å². The Morgan fingerprint density at radius 3 is 1.25 bits per heavy atom. The molecule has 0 fully saturated rings. The second kappa shape index (κ2) is 11.8. The molecule has 0 radical (unpaired) electrons. The van der Waals surface area contributed by atoms with Gasteiger partial charge in [0.15, 0.2) is 0 Å². The molecule has 0 spiro atoms. The van der Waals surface area contributed by atoms with Crippen molar-refractivity contribution < 1.29 is 10.2 Å². The topological polar surface area (TPSA) is 96.4 Å². The van der Waals surface area contributed by atoms with Gasteiger partial charge in [0.2, 0.25) is 0 Å². The first-order chi connectivity index (χ1) is 13.6. The average molecular weight is 384 g/mol. The van der Waals surface area contributed by atoms with Crippen LogP contribution < -0.4 is 0 Å². The van der Waals surface area contributed by atoms with Crippen LogP contribution in [0.1, 0.15) is 22.3 Å². The van der Waals surface area contributed by atoms with Crippen molar-refractivity contribution in [3.63, 3.8) is 0 Å². The van der Waals surface area contributed by atoms with Gasteiger partial charge in [-0.2, -0.15) is 10.2 Å². The van der Waals surface area contributed by atoms with Gasteiger partial charge < -0.3 is 10.2 Å². The highest BCUT2D eigenvalue weighted by molar-refractivity contribution is 5.22. The molecule has 2 rings (SSSR count). The fraction of sp³-hybridized carbons (Fsp3) is 0.400. The van der Waals surface area contributed by atoms with E-state index in [9.17, 15) is 0 Å². The largest absolute Gasteiger partial charge is 0.392 e. The summed E-state index contributed by atoms with van der Waals surface area (Å²) < 4.78 is 0. The molecule has 0 bridgehead atoms. The summed E-state index contributed by atoms with van der Waals surface area (Å²) in [7, 11) is 3.73. The van der Waals surface area contributed by atoms with Crippen LogP contribution in [0.15, 0.2) is 69.2 Å². The van der Waals surface area contributed by atoms with E-state index in [2.05, 4.69) is 20.7 Å². The molecule has 0 aliphatic carbocycles. The zero-order chi connectivity index (χ0) is 20.2. The maximum atomic E-state index is 9.04. The van der Waals surface area contributed by atoms with E-state index in [4.69, 9.17) is 10.2 Å². The average Bonchev–Trinajstić information content (AvgIpc) is 2.73. The monoisotopic (exact) mass is 384 g/mol. The standard InChI is InChI=1S/C20H28N6O2/c1-25(23-21-13-17-3-7-19(15-27)8-4-17)11-12-26(2)24-22-14-18-5-9-20(16-28)10-6-18/h3-10,27-28H,11-16H2,1-2H3. The normalized spacial score (nSPS) is 11.4. The summed E-state index contributed by atoms with van der Waals surface area (Å²) >= 11 is 0. The SMILES string of the molecule is CN(CCN(C)N=NCc1ccc(CO)cc1)N=NCc1ccc(CO)cc1. The molecular formula is C20H28N6O2. The number of aliphatic hydroxyl groups is 2. The molecular weight excluding hydrogens is 356 g/mol. The molecule has 2 N–H and O–H groups in total. The Balaban J connectivity index is 1.66. The Morgan fingerprint density at radius 2 is 0.929 bits per heavy atom. The first kappa shape index (κ1) is 21.5. The number of hydrogen-bond donors (Lipinski definition) is 2. The second-order valence-corrected chi connectivity index (χ2v) is 6.49. The minimum absolute atomic E-state index is 0.0470. The van der Waals surface area contributed by atoms with E-state index >= 15 is 0 Å². The Bertz CT molecular complexity index is 681. The number of hydrogen-bond acceptors (Lipinski definition) is 6. The van der Waals surface area contributed by atoms with Gasteiger partial charge in [0.05, 0.1) is 39.4 Å². The Morgan fingerprint density at radius 1 is 0.607 bits per heavy atom. The van der Waals surface area contributed by atoms with Crippen molar-refractivity contribution >= 4 is 0 Å². The maximum Gasteiger partial charge on any atom is 0.0870 e. The quantitative estimate of drug-likeness (QED) is 0.460. The van der Waals surface area contributed by atoms with E-state index in [-0.39, 0.29) is 13.2 Å². The smallest absolute Gasteiger partial charge is 0.0870 e. The molecule has 28 heavy (non-hydrogen) atoms. The van der Waals surface area contributed by atoms with Gasteiger partial charge in [-0.25, -0.2) is 0 Å². The van der Waals surface area contributed by atoms with Crippen LogP contribution >= 0.6 is 0 Å².